The van der Waals surface area contributed by atoms with E-state index in [1.165, 1.54) is 6.42 Å². The zero-order valence-corrected chi connectivity index (χ0v) is 12.8. The average molecular weight is 308 g/mol. The maximum Gasteiger partial charge on any atom is 0.248 e. The number of fused-ring (bicyclic) bond motifs is 3. The maximum absolute atomic E-state index is 11.6. The fourth-order valence-corrected chi connectivity index (χ4v) is 3.63. The Labute approximate surface area is 134 Å². The van der Waals surface area contributed by atoms with Gasteiger partial charge in [0.25, 0.3) is 0 Å². The van der Waals surface area contributed by atoms with Crippen LogP contribution in [0.1, 0.15) is 30.9 Å². The molecule has 2 aliphatic rings. The van der Waals surface area contributed by atoms with E-state index in [1.54, 1.807) is 0 Å². The molecule has 0 fully saturated rings. The van der Waals surface area contributed by atoms with Crippen LogP contribution >= 0.6 is 0 Å². The smallest absolute Gasteiger partial charge is 0.248 e. The summed E-state index contributed by atoms with van der Waals surface area (Å²) in [6, 6.07) is 8.54. The van der Waals surface area contributed by atoms with Gasteiger partial charge < -0.3 is 21.4 Å². The highest BCUT2D eigenvalue weighted by atomic mass is 16.1. The molecule has 1 aromatic carbocycles. The van der Waals surface area contributed by atoms with Gasteiger partial charge in [-0.15, -0.1) is 0 Å². The molecule has 1 amide bonds. The van der Waals surface area contributed by atoms with Crippen LogP contribution in [0.25, 0.3) is 17.0 Å². The van der Waals surface area contributed by atoms with E-state index >= 15 is 0 Å². The zero-order chi connectivity index (χ0) is 16.0. The lowest BCUT2D eigenvalue weighted by Gasteiger charge is -2.27. The van der Waals surface area contributed by atoms with Gasteiger partial charge >= 0.3 is 0 Å². The minimum atomic E-state index is -0.573. The van der Waals surface area contributed by atoms with Crippen LogP contribution in [0.2, 0.25) is 0 Å². The van der Waals surface area contributed by atoms with Crippen LogP contribution in [0.4, 0.5) is 5.82 Å². The molecule has 5 N–H and O–H groups in total. The molecule has 4 rings (SSSR count). The van der Waals surface area contributed by atoms with Crippen molar-refractivity contribution in [3.63, 3.8) is 0 Å². The molecule has 1 aliphatic carbocycles. The Balaban J connectivity index is 1.99. The minimum absolute atomic E-state index is 0.306. The summed E-state index contributed by atoms with van der Waals surface area (Å²) in [5.41, 5.74) is 14.1. The second-order valence-electron chi connectivity index (χ2n) is 6.16. The van der Waals surface area contributed by atoms with Crippen molar-refractivity contribution < 1.29 is 4.79 Å². The molecular formula is C18H20N4O. The fraction of sp³-hybridized carbons (Fsp3) is 0.278. The number of benzene rings is 1. The number of rotatable bonds is 2. The normalized spacial score (nSPS) is 23.3. The lowest BCUT2D eigenvalue weighted by Crippen LogP contribution is -2.40. The summed E-state index contributed by atoms with van der Waals surface area (Å²) < 4.78 is 2.30. The number of hydrogen-bond acceptors (Lipinski definition) is 3. The standard InChI is InChI=1S/C18H20N4O/c19-16-14(17(20)23)10-13-12-8-4-5-9-15(12)22(18(13)21-16)11-6-2-1-3-7-11/h2,4-6,8-11,16,21H,1,3,7,19H2,(H2,20,23). The molecule has 1 aliphatic heterocycles. The van der Waals surface area contributed by atoms with Crippen molar-refractivity contribution in [2.45, 2.75) is 31.5 Å². The summed E-state index contributed by atoms with van der Waals surface area (Å²) in [6.07, 6.45) is 9.18. The van der Waals surface area contributed by atoms with Crippen LogP contribution in [-0.4, -0.2) is 16.6 Å². The first-order valence-corrected chi connectivity index (χ1v) is 8.00. The number of anilines is 1. The van der Waals surface area contributed by atoms with Gasteiger partial charge in [0.1, 0.15) is 12.0 Å². The average Bonchev–Trinajstić information content (AvgIpc) is 2.88. The van der Waals surface area contributed by atoms with Gasteiger partial charge in [-0.3, -0.25) is 4.79 Å². The van der Waals surface area contributed by atoms with E-state index in [0.29, 0.717) is 11.6 Å². The van der Waals surface area contributed by atoms with Gasteiger partial charge in [-0.1, -0.05) is 30.4 Å². The van der Waals surface area contributed by atoms with Crippen LogP contribution in [0, 0.1) is 0 Å². The lowest BCUT2D eigenvalue weighted by atomic mass is 10.0. The van der Waals surface area contributed by atoms with Gasteiger partial charge in [-0.2, -0.15) is 0 Å². The van der Waals surface area contributed by atoms with Crippen molar-refractivity contribution in [2.24, 2.45) is 11.5 Å². The van der Waals surface area contributed by atoms with Crippen LogP contribution < -0.4 is 16.8 Å². The molecule has 118 valence electrons. The summed E-state index contributed by atoms with van der Waals surface area (Å²) in [5.74, 6) is 0.491. The van der Waals surface area contributed by atoms with Crippen molar-refractivity contribution in [2.75, 3.05) is 5.32 Å². The van der Waals surface area contributed by atoms with Gasteiger partial charge in [0.05, 0.1) is 17.1 Å². The Kier molecular flexibility index (Phi) is 3.23. The van der Waals surface area contributed by atoms with Crippen LogP contribution in [-0.2, 0) is 4.79 Å². The van der Waals surface area contributed by atoms with E-state index in [0.717, 1.165) is 35.1 Å². The van der Waals surface area contributed by atoms with Crippen molar-refractivity contribution >= 4 is 28.7 Å². The van der Waals surface area contributed by atoms with Crippen molar-refractivity contribution in [1.29, 1.82) is 0 Å². The largest absolute Gasteiger partial charge is 0.366 e. The van der Waals surface area contributed by atoms with E-state index in [4.69, 9.17) is 11.5 Å². The van der Waals surface area contributed by atoms with Gasteiger partial charge in [-0.05, 0) is 31.4 Å². The van der Waals surface area contributed by atoms with Crippen molar-refractivity contribution in [3.8, 4) is 0 Å². The Morgan fingerprint density at radius 1 is 1.30 bits per heavy atom. The number of carbonyl (C=O) groups excluding carboxylic acids is 1. The molecule has 5 nitrogen and oxygen atoms in total. The quantitative estimate of drug-likeness (QED) is 0.745. The van der Waals surface area contributed by atoms with E-state index in [9.17, 15) is 4.79 Å². The highest BCUT2D eigenvalue weighted by Gasteiger charge is 2.28. The molecule has 1 aromatic heterocycles. The second kappa shape index (κ2) is 5.28. The van der Waals surface area contributed by atoms with Crippen molar-refractivity contribution in [3.05, 3.63) is 47.6 Å². The third-order valence-electron chi connectivity index (χ3n) is 4.72. The summed E-state index contributed by atoms with van der Waals surface area (Å²) in [6.45, 7) is 0. The Morgan fingerprint density at radius 2 is 2.13 bits per heavy atom. The summed E-state index contributed by atoms with van der Waals surface area (Å²) in [5, 5.41) is 4.40. The van der Waals surface area contributed by atoms with E-state index < -0.39 is 12.1 Å². The van der Waals surface area contributed by atoms with Crippen LogP contribution in [0.5, 0.6) is 0 Å². The number of amides is 1. The summed E-state index contributed by atoms with van der Waals surface area (Å²) in [4.78, 5) is 11.6. The monoisotopic (exact) mass is 308 g/mol. The van der Waals surface area contributed by atoms with Gasteiger partial charge in [0, 0.05) is 10.9 Å². The second-order valence-corrected chi connectivity index (χ2v) is 6.16. The number of carbonyl (C=O) groups is 1. The molecule has 23 heavy (non-hydrogen) atoms. The van der Waals surface area contributed by atoms with E-state index in [2.05, 4.69) is 34.2 Å². The molecule has 2 heterocycles. The van der Waals surface area contributed by atoms with Crippen LogP contribution in [0.15, 0.2) is 42.0 Å². The molecule has 0 radical (unpaired) electrons. The van der Waals surface area contributed by atoms with Gasteiger partial charge in [-0.25, -0.2) is 0 Å². The predicted molar refractivity (Wildman–Crippen MR) is 92.7 cm³/mol. The van der Waals surface area contributed by atoms with Gasteiger partial charge in [0.15, 0.2) is 0 Å². The summed E-state index contributed by atoms with van der Waals surface area (Å²) in [7, 11) is 0. The number of nitrogens with two attached hydrogens (primary N) is 2. The number of nitrogens with zero attached hydrogens (tertiary/aromatic N) is 1. The molecular weight excluding hydrogens is 288 g/mol. The predicted octanol–water partition coefficient (Wildman–Crippen LogP) is 2.50. The SMILES string of the molecule is NC(=O)C1=Cc2c(n(C3C=CCCC3)c3ccccc23)NC1N. The minimum Gasteiger partial charge on any atom is -0.366 e. The molecule has 0 spiro atoms. The Hall–Kier alpha value is -2.53. The molecule has 0 saturated carbocycles. The number of primary amides is 1. The lowest BCUT2D eigenvalue weighted by molar-refractivity contribution is -0.114. The van der Waals surface area contributed by atoms with Crippen molar-refractivity contribution in [1.82, 2.24) is 4.57 Å². The highest BCUT2D eigenvalue weighted by molar-refractivity contribution is 6.06. The molecule has 2 atom stereocenters. The van der Waals surface area contributed by atoms with E-state index in [1.807, 2.05) is 18.2 Å². The fourth-order valence-electron chi connectivity index (χ4n) is 3.63. The third-order valence-corrected chi connectivity index (χ3v) is 4.72. The molecule has 5 heteroatoms. The first kappa shape index (κ1) is 14.1. The Bertz CT molecular complexity index is 846. The molecule has 0 bridgehead atoms. The topological polar surface area (TPSA) is 86.1 Å². The zero-order valence-electron chi connectivity index (χ0n) is 12.8. The molecule has 0 saturated heterocycles. The number of allylic oxidation sites excluding steroid dienone is 2. The number of aromatic nitrogens is 1. The number of para-hydroxylation sites is 1. The number of hydrogen-bond donors (Lipinski definition) is 3. The first-order valence-electron chi connectivity index (χ1n) is 8.00. The molecule has 2 unspecified atom stereocenters. The highest BCUT2D eigenvalue weighted by Crippen LogP contribution is 2.40. The van der Waals surface area contributed by atoms with E-state index in [-0.39, 0.29) is 0 Å². The van der Waals surface area contributed by atoms with Gasteiger partial charge in [0.2, 0.25) is 5.91 Å². The third kappa shape index (κ3) is 2.16. The maximum atomic E-state index is 11.6. The first-order chi connectivity index (χ1) is 11.2. The number of nitrogens with one attached hydrogen (secondary N) is 1. The summed E-state index contributed by atoms with van der Waals surface area (Å²) >= 11 is 0. The Morgan fingerprint density at radius 3 is 2.87 bits per heavy atom. The molecule has 2 aromatic rings. The van der Waals surface area contributed by atoms with Crippen LogP contribution in [0.3, 0.4) is 0 Å².